The Morgan fingerprint density at radius 2 is 1.96 bits per heavy atom. The average Bonchev–Trinajstić information content (AvgIpc) is 3.40. The number of nitrogens with zero attached hydrogens (tertiary/aromatic N) is 2. The van der Waals surface area contributed by atoms with Gasteiger partial charge in [-0.2, -0.15) is 0 Å². The minimum atomic E-state index is -0.139. The van der Waals surface area contributed by atoms with Gasteiger partial charge in [-0.25, -0.2) is 4.98 Å². The molecule has 2 N–H and O–H groups in total. The number of hydrogen-bond donors (Lipinski definition) is 2. The van der Waals surface area contributed by atoms with Gasteiger partial charge in [-0.3, -0.25) is 9.59 Å². The smallest absolute Gasteiger partial charge is 0.253 e. The van der Waals surface area contributed by atoms with E-state index in [-0.39, 0.29) is 17.7 Å². The molecule has 6 heteroatoms. The van der Waals surface area contributed by atoms with E-state index in [0.29, 0.717) is 11.4 Å². The third-order valence-corrected chi connectivity index (χ3v) is 5.32. The first-order valence-electron chi connectivity index (χ1n) is 9.17. The Bertz CT molecular complexity index is 746. The lowest BCUT2D eigenvalue weighted by molar-refractivity contribution is -0.117. The summed E-state index contributed by atoms with van der Waals surface area (Å²) < 4.78 is 0. The zero-order valence-electron chi connectivity index (χ0n) is 14.6. The molecule has 0 radical (unpaired) electrons. The Morgan fingerprint density at radius 3 is 2.64 bits per heavy atom. The van der Waals surface area contributed by atoms with Gasteiger partial charge in [0.1, 0.15) is 5.82 Å². The summed E-state index contributed by atoms with van der Waals surface area (Å²) in [5.74, 6) is 0.656. The maximum Gasteiger partial charge on any atom is 0.253 e. The molecule has 2 aliphatic carbocycles. The van der Waals surface area contributed by atoms with Gasteiger partial charge in [-0.1, -0.05) is 0 Å². The van der Waals surface area contributed by atoms with Crippen molar-refractivity contribution in [2.75, 3.05) is 25.5 Å². The monoisotopic (exact) mass is 340 g/mol. The van der Waals surface area contributed by atoms with E-state index >= 15 is 0 Å². The highest BCUT2D eigenvalue weighted by Crippen LogP contribution is 2.36. The number of aromatic nitrogens is 1. The van der Waals surface area contributed by atoms with Gasteiger partial charge in [-0.15, -0.1) is 0 Å². The van der Waals surface area contributed by atoms with Gasteiger partial charge in [0, 0.05) is 49.9 Å². The van der Waals surface area contributed by atoms with Crippen LogP contribution in [0.15, 0.2) is 11.9 Å². The minimum absolute atomic E-state index is 0.0498. The highest BCUT2D eigenvalue weighted by atomic mass is 16.2. The van der Waals surface area contributed by atoms with Crippen LogP contribution in [-0.2, 0) is 11.2 Å². The van der Waals surface area contributed by atoms with E-state index in [2.05, 4.69) is 26.6 Å². The maximum absolute atomic E-state index is 12.2. The van der Waals surface area contributed by atoms with Crippen LogP contribution in [0.4, 0.5) is 5.82 Å². The lowest BCUT2D eigenvalue weighted by atomic mass is 10.1. The molecule has 1 aromatic heterocycles. The summed E-state index contributed by atoms with van der Waals surface area (Å²) in [6, 6.07) is 0. The molecule has 0 aromatic carbocycles. The third-order valence-electron chi connectivity index (χ3n) is 5.32. The molecule has 25 heavy (non-hydrogen) atoms. The molecule has 4 rings (SSSR count). The van der Waals surface area contributed by atoms with E-state index in [9.17, 15) is 9.59 Å². The molecule has 1 saturated carbocycles. The van der Waals surface area contributed by atoms with Crippen molar-refractivity contribution in [2.45, 2.75) is 38.5 Å². The Labute approximate surface area is 147 Å². The fourth-order valence-corrected chi connectivity index (χ4v) is 3.68. The highest BCUT2D eigenvalue weighted by molar-refractivity contribution is 6.01. The first-order chi connectivity index (χ1) is 12.2. The summed E-state index contributed by atoms with van der Waals surface area (Å²) in [5, 5.41) is 5.66. The fraction of sp³-hybridized carbons (Fsp3) is 0.526. The largest absolute Gasteiger partial charge is 0.375 e. The van der Waals surface area contributed by atoms with Gasteiger partial charge in [0.2, 0.25) is 5.91 Å². The topological polar surface area (TPSA) is 74.3 Å². The first kappa shape index (κ1) is 16.1. The van der Waals surface area contributed by atoms with Crippen molar-refractivity contribution in [3.8, 4) is 0 Å². The number of fused-ring (bicyclic) bond motifs is 1. The van der Waals surface area contributed by atoms with Crippen molar-refractivity contribution < 1.29 is 9.59 Å². The standard InChI is InChI=1S/C19H24N4O2/c1-20-19(25)16-11-21-17(22-18(24)12-5-6-12)15-10-13(9-14(15)16)23-7-3-2-4-8-23/h9,11-12H,2-8,10H2,1H3,(H,20,25)(H,21,22,24). The van der Waals surface area contributed by atoms with Gasteiger partial charge >= 0.3 is 0 Å². The summed E-state index contributed by atoms with van der Waals surface area (Å²) in [5.41, 5.74) is 3.68. The molecule has 2 fully saturated rings. The quantitative estimate of drug-likeness (QED) is 0.881. The molecule has 2 heterocycles. The second-order valence-electron chi connectivity index (χ2n) is 7.12. The summed E-state index contributed by atoms with van der Waals surface area (Å²) >= 11 is 0. The molecule has 2 amide bonds. The Kier molecular flexibility index (Phi) is 4.19. The van der Waals surface area contributed by atoms with E-state index in [0.717, 1.165) is 43.5 Å². The molecule has 6 nitrogen and oxygen atoms in total. The van der Waals surface area contributed by atoms with Crippen LogP contribution in [0.5, 0.6) is 0 Å². The fourth-order valence-electron chi connectivity index (χ4n) is 3.68. The Balaban J connectivity index is 1.66. The second-order valence-corrected chi connectivity index (χ2v) is 7.12. The van der Waals surface area contributed by atoms with Crippen LogP contribution in [-0.4, -0.2) is 41.8 Å². The summed E-state index contributed by atoms with van der Waals surface area (Å²) in [6.45, 7) is 2.12. The van der Waals surface area contributed by atoms with E-state index in [4.69, 9.17) is 0 Å². The molecule has 0 atom stereocenters. The van der Waals surface area contributed by atoms with Crippen molar-refractivity contribution in [3.05, 3.63) is 28.6 Å². The number of carbonyl (C=O) groups excluding carboxylic acids is 2. The summed E-state index contributed by atoms with van der Waals surface area (Å²) in [7, 11) is 1.63. The molecule has 3 aliphatic rings. The number of pyridine rings is 1. The lowest BCUT2D eigenvalue weighted by Crippen LogP contribution is -2.29. The number of hydrogen-bond acceptors (Lipinski definition) is 4. The van der Waals surface area contributed by atoms with E-state index in [1.807, 2.05) is 0 Å². The molecule has 0 bridgehead atoms. The number of anilines is 1. The maximum atomic E-state index is 12.2. The summed E-state index contributed by atoms with van der Waals surface area (Å²) in [4.78, 5) is 31.2. The third kappa shape index (κ3) is 3.13. The van der Waals surface area contributed by atoms with Crippen LogP contribution in [0, 0.1) is 5.92 Å². The minimum Gasteiger partial charge on any atom is -0.375 e. The number of allylic oxidation sites excluding steroid dienone is 1. The number of likely N-dealkylation sites (tertiary alicyclic amines) is 1. The molecule has 0 unspecified atom stereocenters. The van der Waals surface area contributed by atoms with Crippen molar-refractivity contribution in [3.63, 3.8) is 0 Å². The van der Waals surface area contributed by atoms with Crippen molar-refractivity contribution >= 4 is 23.7 Å². The van der Waals surface area contributed by atoms with Crippen LogP contribution in [0.3, 0.4) is 0 Å². The van der Waals surface area contributed by atoms with Crippen LogP contribution in [0.25, 0.3) is 6.08 Å². The van der Waals surface area contributed by atoms with Crippen molar-refractivity contribution in [2.24, 2.45) is 5.92 Å². The van der Waals surface area contributed by atoms with E-state index < -0.39 is 0 Å². The normalized spacial score (nSPS) is 19.2. The van der Waals surface area contributed by atoms with Crippen LogP contribution in [0.1, 0.15) is 53.6 Å². The summed E-state index contributed by atoms with van der Waals surface area (Å²) in [6.07, 6.45) is 10.0. The highest BCUT2D eigenvalue weighted by Gasteiger charge is 2.32. The molecule has 1 aromatic rings. The van der Waals surface area contributed by atoms with Gasteiger partial charge in [0.25, 0.3) is 5.91 Å². The van der Waals surface area contributed by atoms with Crippen molar-refractivity contribution in [1.82, 2.24) is 15.2 Å². The predicted octanol–water partition coefficient (Wildman–Crippen LogP) is 2.17. The molecule has 0 spiro atoms. The van der Waals surface area contributed by atoms with Gasteiger partial charge in [-0.05, 0) is 43.7 Å². The SMILES string of the molecule is CNC(=O)c1cnc(NC(=O)C2CC2)c2c1C=C(N1CCCCC1)C2. The number of carbonyl (C=O) groups is 2. The van der Waals surface area contributed by atoms with Gasteiger partial charge in [0.15, 0.2) is 0 Å². The lowest BCUT2D eigenvalue weighted by Gasteiger charge is -2.29. The predicted molar refractivity (Wildman–Crippen MR) is 96.1 cm³/mol. The molecule has 132 valence electrons. The number of rotatable bonds is 4. The van der Waals surface area contributed by atoms with Crippen molar-refractivity contribution in [1.29, 1.82) is 0 Å². The number of nitrogens with one attached hydrogen (secondary N) is 2. The molecular formula is C19H24N4O2. The van der Waals surface area contributed by atoms with Gasteiger partial charge < -0.3 is 15.5 Å². The second kappa shape index (κ2) is 6.50. The van der Waals surface area contributed by atoms with E-state index in [1.165, 1.54) is 25.0 Å². The zero-order valence-corrected chi connectivity index (χ0v) is 14.6. The molecular weight excluding hydrogens is 316 g/mol. The Morgan fingerprint density at radius 1 is 1.20 bits per heavy atom. The molecule has 1 aliphatic heterocycles. The van der Waals surface area contributed by atoms with Crippen LogP contribution < -0.4 is 10.6 Å². The van der Waals surface area contributed by atoms with E-state index in [1.54, 1.807) is 13.2 Å². The Hall–Kier alpha value is -2.37. The van der Waals surface area contributed by atoms with Crippen LogP contribution >= 0.6 is 0 Å². The van der Waals surface area contributed by atoms with Gasteiger partial charge in [0.05, 0.1) is 5.56 Å². The average molecular weight is 340 g/mol. The molecule has 1 saturated heterocycles. The first-order valence-corrected chi connectivity index (χ1v) is 9.17. The van der Waals surface area contributed by atoms with Crippen LogP contribution in [0.2, 0.25) is 0 Å². The number of piperidine rings is 1. The number of amides is 2. The zero-order chi connectivity index (χ0) is 17.4.